The van der Waals surface area contributed by atoms with Gasteiger partial charge in [-0.1, -0.05) is 0 Å². The maximum atomic E-state index is 12.3. The molecule has 28 heavy (non-hydrogen) atoms. The number of rotatable bonds is 4. The summed E-state index contributed by atoms with van der Waals surface area (Å²) in [5.41, 5.74) is 1.22. The molecule has 2 aliphatic rings. The summed E-state index contributed by atoms with van der Waals surface area (Å²) < 4.78 is 15.9. The van der Waals surface area contributed by atoms with E-state index in [9.17, 15) is 14.4 Å². The molecule has 0 saturated carbocycles. The van der Waals surface area contributed by atoms with E-state index in [1.165, 1.54) is 16.0 Å². The van der Waals surface area contributed by atoms with Crippen molar-refractivity contribution in [2.24, 2.45) is 0 Å². The van der Waals surface area contributed by atoms with Gasteiger partial charge < -0.3 is 24.1 Å². The van der Waals surface area contributed by atoms with E-state index in [1.807, 2.05) is 0 Å². The van der Waals surface area contributed by atoms with Gasteiger partial charge in [-0.05, 0) is 19.1 Å². The molecule has 0 bridgehead atoms. The number of nitrogens with zero attached hydrogens (tertiary/aromatic N) is 3. The minimum absolute atomic E-state index is 0.0841. The average Bonchev–Trinajstić information content (AvgIpc) is 3.34. The molecule has 3 amide bonds. The van der Waals surface area contributed by atoms with Crippen molar-refractivity contribution in [2.45, 2.75) is 19.1 Å². The van der Waals surface area contributed by atoms with Gasteiger partial charge in [0, 0.05) is 13.1 Å². The number of aromatic nitrogens is 1. The summed E-state index contributed by atoms with van der Waals surface area (Å²) in [6.07, 6.45) is 0.831. The summed E-state index contributed by atoms with van der Waals surface area (Å²) in [5, 5.41) is 2.64. The number of carbonyl (C=O) groups excluding carboxylic acids is 3. The third-order valence-corrected chi connectivity index (χ3v) is 4.62. The molecule has 0 radical (unpaired) electrons. The van der Waals surface area contributed by atoms with Gasteiger partial charge in [0.2, 0.25) is 5.76 Å². The summed E-state index contributed by atoms with van der Waals surface area (Å²) in [6, 6.07) is 5.14. The van der Waals surface area contributed by atoms with E-state index >= 15 is 0 Å². The van der Waals surface area contributed by atoms with E-state index in [-0.39, 0.29) is 24.8 Å². The second-order valence-corrected chi connectivity index (χ2v) is 6.50. The number of nitrogens with one attached hydrogen (secondary N) is 1. The lowest BCUT2D eigenvalue weighted by Crippen LogP contribution is -2.42. The quantitative estimate of drug-likeness (QED) is 0.839. The number of carbonyl (C=O) groups is 3. The molecule has 1 aromatic carbocycles. The Morgan fingerprint density at radius 1 is 1.32 bits per heavy atom. The number of hydrogen-bond donors (Lipinski definition) is 1. The number of benzene rings is 1. The third-order valence-electron chi connectivity index (χ3n) is 4.62. The largest absolute Gasteiger partial charge is 0.479 e. The SMILES string of the molecule is CC1Oc2cc(N3C[C@H](CNC(=O)c4cnco4)OC3=O)ccc2N(C)C1=O. The van der Waals surface area contributed by atoms with Gasteiger partial charge in [-0.15, -0.1) is 0 Å². The maximum absolute atomic E-state index is 12.3. The van der Waals surface area contributed by atoms with Crippen molar-refractivity contribution in [3.63, 3.8) is 0 Å². The summed E-state index contributed by atoms with van der Waals surface area (Å²) >= 11 is 0. The number of cyclic esters (lactones) is 1. The number of oxazole rings is 1. The Morgan fingerprint density at radius 3 is 2.89 bits per heavy atom. The predicted octanol–water partition coefficient (Wildman–Crippen LogP) is 1.17. The van der Waals surface area contributed by atoms with Gasteiger partial charge >= 0.3 is 6.09 Å². The molecule has 0 aliphatic carbocycles. The smallest absolute Gasteiger partial charge is 0.414 e. The van der Waals surface area contributed by atoms with Gasteiger partial charge in [-0.25, -0.2) is 9.78 Å². The van der Waals surface area contributed by atoms with Crippen molar-refractivity contribution >= 4 is 29.3 Å². The van der Waals surface area contributed by atoms with Gasteiger partial charge in [0.05, 0.1) is 30.7 Å². The highest BCUT2D eigenvalue weighted by Crippen LogP contribution is 2.37. The number of amides is 3. The number of likely N-dealkylation sites (N-methyl/N-ethyl adjacent to an activating group) is 1. The molecule has 10 nitrogen and oxygen atoms in total. The highest BCUT2D eigenvalue weighted by molar-refractivity contribution is 6.00. The lowest BCUT2D eigenvalue weighted by Gasteiger charge is -2.31. The van der Waals surface area contributed by atoms with Gasteiger partial charge in [0.25, 0.3) is 11.8 Å². The normalized spacial score (nSPS) is 21.2. The molecule has 3 heterocycles. The molecule has 0 spiro atoms. The molecular formula is C18H18N4O6. The fraction of sp³-hybridized carbons (Fsp3) is 0.333. The Morgan fingerprint density at radius 2 is 2.14 bits per heavy atom. The molecule has 146 valence electrons. The number of anilines is 2. The zero-order valence-corrected chi connectivity index (χ0v) is 15.2. The maximum Gasteiger partial charge on any atom is 0.414 e. The molecule has 1 N–H and O–H groups in total. The molecule has 2 atom stereocenters. The second-order valence-electron chi connectivity index (χ2n) is 6.50. The Kier molecular flexibility index (Phi) is 4.38. The Labute approximate surface area is 160 Å². The molecule has 10 heteroatoms. The van der Waals surface area contributed by atoms with Crippen LogP contribution in [0.25, 0.3) is 0 Å². The van der Waals surface area contributed by atoms with Crippen molar-refractivity contribution in [3.05, 3.63) is 36.5 Å². The van der Waals surface area contributed by atoms with Crippen LogP contribution in [-0.4, -0.2) is 55.2 Å². The van der Waals surface area contributed by atoms with Gasteiger partial charge in [-0.2, -0.15) is 0 Å². The van der Waals surface area contributed by atoms with Crippen LogP contribution in [0.5, 0.6) is 5.75 Å². The van der Waals surface area contributed by atoms with Crippen LogP contribution in [0.2, 0.25) is 0 Å². The molecule has 1 aromatic heterocycles. The van der Waals surface area contributed by atoms with E-state index in [4.69, 9.17) is 13.9 Å². The molecule has 2 aromatic rings. The van der Waals surface area contributed by atoms with Crippen molar-refractivity contribution in [3.8, 4) is 5.75 Å². The summed E-state index contributed by atoms with van der Waals surface area (Å²) in [6.45, 7) is 2.07. The second kappa shape index (κ2) is 6.87. The Bertz CT molecular complexity index is 928. The summed E-state index contributed by atoms with van der Waals surface area (Å²) in [7, 11) is 1.68. The molecule has 4 rings (SSSR count). The topological polar surface area (TPSA) is 114 Å². The lowest BCUT2D eigenvalue weighted by molar-refractivity contribution is -0.125. The van der Waals surface area contributed by atoms with E-state index in [1.54, 1.807) is 32.2 Å². The first-order valence-corrected chi connectivity index (χ1v) is 8.67. The Hall–Kier alpha value is -3.56. The van der Waals surface area contributed by atoms with E-state index < -0.39 is 24.2 Å². The number of fused-ring (bicyclic) bond motifs is 1. The highest BCUT2D eigenvalue weighted by atomic mass is 16.6. The van der Waals surface area contributed by atoms with Crippen LogP contribution in [0, 0.1) is 0 Å². The zero-order valence-electron chi connectivity index (χ0n) is 15.2. The van der Waals surface area contributed by atoms with Gasteiger partial charge in [-0.3, -0.25) is 14.5 Å². The minimum Gasteiger partial charge on any atom is -0.479 e. The third kappa shape index (κ3) is 3.13. The van der Waals surface area contributed by atoms with Crippen LogP contribution in [-0.2, 0) is 9.53 Å². The molecule has 1 unspecified atom stereocenters. The van der Waals surface area contributed by atoms with Crippen LogP contribution in [0.4, 0.5) is 16.2 Å². The molecule has 1 fully saturated rings. The van der Waals surface area contributed by atoms with Crippen molar-refractivity contribution in [1.29, 1.82) is 0 Å². The first-order valence-electron chi connectivity index (χ1n) is 8.67. The number of hydrogen-bond acceptors (Lipinski definition) is 7. The van der Waals surface area contributed by atoms with Gasteiger partial charge in [0.1, 0.15) is 11.9 Å². The van der Waals surface area contributed by atoms with Crippen LogP contribution in [0.3, 0.4) is 0 Å². The van der Waals surface area contributed by atoms with Crippen LogP contribution in [0.1, 0.15) is 17.5 Å². The lowest BCUT2D eigenvalue weighted by atomic mass is 10.1. The van der Waals surface area contributed by atoms with E-state index in [0.29, 0.717) is 17.1 Å². The fourth-order valence-corrected chi connectivity index (χ4v) is 3.13. The van der Waals surface area contributed by atoms with Gasteiger partial charge in [0.15, 0.2) is 12.5 Å². The Balaban J connectivity index is 1.44. The van der Waals surface area contributed by atoms with E-state index in [0.717, 1.165) is 6.39 Å². The summed E-state index contributed by atoms with van der Waals surface area (Å²) in [5.74, 6) is 0.0297. The highest BCUT2D eigenvalue weighted by Gasteiger charge is 2.35. The molecule has 1 saturated heterocycles. The van der Waals surface area contributed by atoms with Crippen molar-refractivity contribution in [1.82, 2.24) is 10.3 Å². The first kappa shape index (κ1) is 17.8. The zero-order chi connectivity index (χ0) is 19.8. The van der Waals surface area contributed by atoms with Crippen molar-refractivity contribution < 1.29 is 28.3 Å². The predicted molar refractivity (Wildman–Crippen MR) is 96.4 cm³/mol. The van der Waals surface area contributed by atoms with Crippen molar-refractivity contribution in [2.75, 3.05) is 29.9 Å². The average molecular weight is 386 g/mol. The standard InChI is InChI=1S/C18H18N4O6/c1-10-17(24)21(2)13-4-3-11(5-14(13)27-10)22-8-12(28-18(22)25)6-20-16(23)15-7-19-9-26-15/h3-5,7,9-10,12H,6,8H2,1-2H3,(H,20,23)/t10?,12-/m0/s1. The first-order chi connectivity index (χ1) is 13.4. The monoisotopic (exact) mass is 386 g/mol. The van der Waals surface area contributed by atoms with Crippen LogP contribution in [0.15, 0.2) is 35.2 Å². The molecule has 2 aliphatic heterocycles. The van der Waals surface area contributed by atoms with Crippen LogP contribution < -0.4 is 19.9 Å². The number of ether oxygens (including phenoxy) is 2. The van der Waals surface area contributed by atoms with E-state index in [2.05, 4.69) is 10.3 Å². The summed E-state index contributed by atoms with van der Waals surface area (Å²) in [4.78, 5) is 42.8. The van der Waals surface area contributed by atoms with Crippen LogP contribution >= 0.6 is 0 Å². The fourth-order valence-electron chi connectivity index (χ4n) is 3.13. The minimum atomic E-state index is -0.600. The molecular weight excluding hydrogens is 368 g/mol.